The maximum Gasteiger partial charge on any atom is 0.303 e. The van der Waals surface area contributed by atoms with Crippen LogP contribution >= 0.6 is 0 Å². The van der Waals surface area contributed by atoms with Crippen LogP contribution in [0.1, 0.15) is 28.8 Å². The minimum absolute atomic E-state index is 0.0440. The summed E-state index contributed by atoms with van der Waals surface area (Å²) < 4.78 is 0. The number of hydrogen-bond donors (Lipinski definition) is 1. The van der Waals surface area contributed by atoms with Crippen LogP contribution < -0.4 is 0 Å². The Hall–Kier alpha value is -2.16. The molecule has 1 N–H and O–H groups in total. The van der Waals surface area contributed by atoms with Crippen LogP contribution in [0.2, 0.25) is 0 Å². The number of aliphatic carboxylic acids is 1. The topological polar surface area (TPSA) is 54.4 Å². The second kappa shape index (κ2) is 5.00. The van der Waals surface area contributed by atoms with Crippen LogP contribution in [0.25, 0.3) is 10.8 Å². The van der Waals surface area contributed by atoms with E-state index in [4.69, 9.17) is 5.11 Å². The molecule has 0 radical (unpaired) electrons. The first-order valence-electron chi connectivity index (χ1n) is 5.82. The molecule has 2 aromatic rings. The van der Waals surface area contributed by atoms with E-state index in [0.717, 1.165) is 16.3 Å². The Bertz CT molecular complexity index is 614. The normalized spacial score (nSPS) is 10.5. The minimum Gasteiger partial charge on any atom is -0.481 e. The smallest absolute Gasteiger partial charge is 0.303 e. The van der Waals surface area contributed by atoms with Crippen LogP contribution in [0.3, 0.4) is 0 Å². The van der Waals surface area contributed by atoms with Crippen molar-refractivity contribution in [2.75, 3.05) is 0 Å². The summed E-state index contributed by atoms with van der Waals surface area (Å²) in [7, 11) is 0. The van der Waals surface area contributed by atoms with Crippen molar-refractivity contribution in [3.05, 3.63) is 47.5 Å². The van der Waals surface area contributed by atoms with Crippen molar-refractivity contribution < 1.29 is 14.7 Å². The summed E-state index contributed by atoms with van der Waals surface area (Å²) >= 11 is 0. The molecule has 0 aliphatic carbocycles. The summed E-state index contributed by atoms with van der Waals surface area (Å²) in [4.78, 5) is 22.5. The largest absolute Gasteiger partial charge is 0.481 e. The first-order chi connectivity index (χ1) is 8.58. The van der Waals surface area contributed by atoms with Gasteiger partial charge in [-0.2, -0.15) is 0 Å². The highest BCUT2D eigenvalue weighted by Gasteiger charge is 2.11. The number of aryl methyl sites for hydroxylation is 1. The quantitative estimate of drug-likeness (QED) is 0.837. The molecule has 0 saturated carbocycles. The van der Waals surface area contributed by atoms with Gasteiger partial charge in [-0.25, -0.2) is 0 Å². The number of fused-ring (bicyclic) bond motifs is 1. The molecule has 0 fully saturated rings. The van der Waals surface area contributed by atoms with Gasteiger partial charge in [-0.05, 0) is 17.7 Å². The van der Waals surface area contributed by atoms with Gasteiger partial charge in [0.15, 0.2) is 5.78 Å². The molecule has 2 rings (SSSR count). The molecule has 3 nitrogen and oxygen atoms in total. The molecular weight excluding hydrogens is 228 g/mol. The monoisotopic (exact) mass is 242 g/mol. The van der Waals surface area contributed by atoms with Crippen molar-refractivity contribution in [2.24, 2.45) is 0 Å². The second-order valence-corrected chi connectivity index (χ2v) is 4.35. The molecule has 0 spiro atoms. The Kier molecular flexibility index (Phi) is 3.42. The van der Waals surface area contributed by atoms with Crippen LogP contribution in [0.5, 0.6) is 0 Å². The van der Waals surface area contributed by atoms with Gasteiger partial charge >= 0.3 is 5.97 Å². The molecule has 2 aromatic carbocycles. The van der Waals surface area contributed by atoms with Gasteiger partial charge in [0.2, 0.25) is 0 Å². The molecule has 0 heterocycles. The Labute approximate surface area is 105 Å². The number of carbonyl (C=O) groups is 2. The SMILES string of the molecule is Cc1ccc2c(C(=O)CCC(=O)O)cccc2c1. The predicted octanol–water partition coefficient (Wildman–Crippen LogP) is 3.20. The van der Waals surface area contributed by atoms with Crippen molar-refractivity contribution in [3.8, 4) is 0 Å². The van der Waals surface area contributed by atoms with Gasteiger partial charge in [0.05, 0.1) is 6.42 Å². The number of carbonyl (C=O) groups excluding carboxylic acids is 1. The summed E-state index contributed by atoms with van der Waals surface area (Å²) in [5.41, 5.74) is 1.74. The Morgan fingerprint density at radius 2 is 1.89 bits per heavy atom. The highest BCUT2D eigenvalue weighted by Crippen LogP contribution is 2.21. The summed E-state index contributed by atoms with van der Waals surface area (Å²) in [6, 6.07) is 11.4. The average molecular weight is 242 g/mol. The highest BCUT2D eigenvalue weighted by atomic mass is 16.4. The van der Waals surface area contributed by atoms with E-state index in [1.54, 1.807) is 6.07 Å². The number of carboxylic acids is 1. The third kappa shape index (κ3) is 2.56. The first kappa shape index (κ1) is 12.3. The van der Waals surface area contributed by atoms with Crippen molar-refractivity contribution in [1.29, 1.82) is 0 Å². The molecular formula is C15H14O3. The van der Waals surface area contributed by atoms with E-state index in [0.29, 0.717) is 5.56 Å². The van der Waals surface area contributed by atoms with Crippen molar-refractivity contribution in [1.82, 2.24) is 0 Å². The molecule has 0 amide bonds. The molecule has 3 heteroatoms. The molecule has 0 aliphatic rings. The van der Waals surface area contributed by atoms with E-state index in [-0.39, 0.29) is 18.6 Å². The molecule has 0 aliphatic heterocycles. The summed E-state index contributed by atoms with van der Waals surface area (Å²) in [6.45, 7) is 2.00. The van der Waals surface area contributed by atoms with Gasteiger partial charge < -0.3 is 5.11 Å². The standard InChI is InChI=1S/C15H14O3/c1-10-5-6-12-11(9-10)3-2-4-13(12)14(16)7-8-15(17)18/h2-6,9H,7-8H2,1H3,(H,17,18). The zero-order valence-electron chi connectivity index (χ0n) is 10.1. The first-order valence-corrected chi connectivity index (χ1v) is 5.82. The molecule has 0 aromatic heterocycles. The van der Waals surface area contributed by atoms with Gasteiger partial charge in [-0.15, -0.1) is 0 Å². The number of Topliss-reactive ketones (excluding diaryl/α,β-unsaturated/α-hetero) is 1. The van der Waals surface area contributed by atoms with Crippen LogP contribution in [0, 0.1) is 6.92 Å². The van der Waals surface area contributed by atoms with E-state index in [2.05, 4.69) is 0 Å². The Morgan fingerprint density at radius 1 is 1.11 bits per heavy atom. The summed E-state index contributed by atoms with van der Waals surface area (Å²) in [5.74, 6) is -1.06. The number of ketones is 1. The Balaban J connectivity index is 2.38. The second-order valence-electron chi connectivity index (χ2n) is 4.35. The minimum atomic E-state index is -0.945. The van der Waals surface area contributed by atoms with E-state index in [9.17, 15) is 9.59 Å². The highest BCUT2D eigenvalue weighted by molar-refractivity contribution is 6.08. The number of hydrogen-bond acceptors (Lipinski definition) is 2. The lowest BCUT2D eigenvalue weighted by Gasteiger charge is -2.06. The maximum absolute atomic E-state index is 12.0. The third-order valence-corrected chi connectivity index (χ3v) is 2.90. The van der Waals surface area contributed by atoms with Gasteiger partial charge in [0.1, 0.15) is 0 Å². The lowest BCUT2D eigenvalue weighted by atomic mass is 9.98. The number of carboxylic acid groups (broad SMARTS) is 1. The maximum atomic E-state index is 12.0. The predicted molar refractivity (Wildman–Crippen MR) is 69.9 cm³/mol. The molecule has 18 heavy (non-hydrogen) atoms. The van der Waals surface area contributed by atoms with E-state index < -0.39 is 5.97 Å². The Morgan fingerprint density at radius 3 is 2.61 bits per heavy atom. The van der Waals surface area contributed by atoms with Crippen LogP contribution in [0.4, 0.5) is 0 Å². The molecule has 0 unspecified atom stereocenters. The number of benzene rings is 2. The molecule has 92 valence electrons. The van der Waals surface area contributed by atoms with E-state index >= 15 is 0 Å². The van der Waals surface area contributed by atoms with Gasteiger partial charge in [-0.3, -0.25) is 9.59 Å². The lowest BCUT2D eigenvalue weighted by molar-refractivity contribution is -0.136. The van der Waals surface area contributed by atoms with Gasteiger partial charge in [-0.1, -0.05) is 42.0 Å². The van der Waals surface area contributed by atoms with Gasteiger partial charge in [0.25, 0.3) is 0 Å². The van der Waals surface area contributed by atoms with Crippen LogP contribution in [-0.4, -0.2) is 16.9 Å². The molecule has 0 bridgehead atoms. The fraction of sp³-hybridized carbons (Fsp3) is 0.200. The average Bonchev–Trinajstić information content (AvgIpc) is 2.34. The lowest BCUT2D eigenvalue weighted by Crippen LogP contribution is -2.04. The van der Waals surface area contributed by atoms with E-state index in [1.165, 1.54) is 0 Å². The summed E-state index contributed by atoms with van der Waals surface area (Å²) in [5, 5.41) is 10.5. The van der Waals surface area contributed by atoms with Crippen LogP contribution in [0.15, 0.2) is 36.4 Å². The van der Waals surface area contributed by atoms with E-state index in [1.807, 2.05) is 37.3 Å². The van der Waals surface area contributed by atoms with Crippen molar-refractivity contribution >= 4 is 22.5 Å². The molecule has 0 atom stereocenters. The third-order valence-electron chi connectivity index (χ3n) is 2.90. The van der Waals surface area contributed by atoms with Crippen LogP contribution in [-0.2, 0) is 4.79 Å². The zero-order valence-corrected chi connectivity index (χ0v) is 10.1. The fourth-order valence-corrected chi connectivity index (χ4v) is 2.00. The zero-order chi connectivity index (χ0) is 13.1. The van der Waals surface area contributed by atoms with Crippen molar-refractivity contribution in [3.63, 3.8) is 0 Å². The van der Waals surface area contributed by atoms with Gasteiger partial charge in [0, 0.05) is 12.0 Å². The van der Waals surface area contributed by atoms with Crippen molar-refractivity contribution in [2.45, 2.75) is 19.8 Å². The molecule has 0 saturated heterocycles. The fourth-order valence-electron chi connectivity index (χ4n) is 2.00. The summed E-state index contributed by atoms with van der Waals surface area (Å²) in [6.07, 6.45) is -0.0800. The number of rotatable bonds is 4.